The molecule has 2 aromatic rings. The Balaban J connectivity index is 2.21. The van der Waals surface area contributed by atoms with Gasteiger partial charge in [-0.3, -0.25) is 4.98 Å². The average Bonchev–Trinajstić information content (AvgIpc) is 2.46. The molecule has 18 heavy (non-hydrogen) atoms. The summed E-state index contributed by atoms with van der Waals surface area (Å²) in [6.07, 6.45) is 1.40. The monoisotopic (exact) mass is 244 g/mol. The molecule has 4 heteroatoms. The number of nitrogens with zero attached hydrogens (tertiary/aromatic N) is 1. The number of para-hydroxylation sites is 1. The van der Waals surface area contributed by atoms with Crippen molar-refractivity contribution in [3.8, 4) is 5.75 Å². The normalized spacial score (nSPS) is 12.1. The topological polar surface area (TPSA) is 68.4 Å². The highest BCUT2D eigenvalue weighted by molar-refractivity contribution is 5.33. The summed E-state index contributed by atoms with van der Waals surface area (Å²) < 4.78 is 5.82. The minimum Gasteiger partial charge on any atom is -0.482 e. The van der Waals surface area contributed by atoms with Gasteiger partial charge in [0.25, 0.3) is 0 Å². The zero-order chi connectivity index (χ0) is 12.8. The highest BCUT2D eigenvalue weighted by Crippen LogP contribution is 2.23. The Labute approximate surface area is 106 Å². The molecule has 2 rings (SSSR count). The lowest BCUT2D eigenvalue weighted by Gasteiger charge is -2.18. The van der Waals surface area contributed by atoms with Crippen molar-refractivity contribution in [3.63, 3.8) is 0 Å². The van der Waals surface area contributed by atoms with E-state index in [0.29, 0.717) is 12.3 Å². The SMILES string of the molecule is NCC(Oc1ccccc1CO)c1ccccn1. The van der Waals surface area contributed by atoms with Gasteiger partial charge in [-0.2, -0.15) is 0 Å². The molecule has 0 radical (unpaired) electrons. The van der Waals surface area contributed by atoms with Gasteiger partial charge in [0.05, 0.1) is 12.3 Å². The molecule has 0 amide bonds. The summed E-state index contributed by atoms with van der Waals surface area (Å²) in [5.74, 6) is 0.640. The summed E-state index contributed by atoms with van der Waals surface area (Å²) in [6.45, 7) is 0.270. The van der Waals surface area contributed by atoms with Crippen LogP contribution in [0.3, 0.4) is 0 Å². The number of benzene rings is 1. The number of aliphatic hydroxyl groups is 1. The molecule has 0 saturated heterocycles. The summed E-state index contributed by atoms with van der Waals surface area (Å²) >= 11 is 0. The van der Waals surface area contributed by atoms with Crippen molar-refractivity contribution in [1.29, 1.82) is 0 Å². The molecule has 0 bridgehead atoms. The first-order valence-corrected chi connectivity index (χ1v) is 5.81. The molecular weight excluding hydrogens is 228 g/mol. The second kappa shape index (κ2) is 6.14. The third-order valence-electron chi connectivity index (χ3n) is 2.64. The Hall–Kier alpha value is -1.91. The number of hydrogen-bond acceptors (Lipinski definition) is 4. The first kappa shape index (κ1) is 12.5. The van der Waals surface area contributed by atoms with Gasteiger partial charge < -0.3 is 15.6 Å². The largest absolute Gasteiger partial charge is 0.482 e. The Morgan fingerprint density at radius 2 is 1.94 bits per heavy atom. The van der Waals surface area contributed by atoms with Crippen LogP contribution in [-0.2, 0) is 6.61 Å². The molecule has 94 valence electrons. The minimum atomic E-state index is -0.307. The number of pyridine rings is 1. The Morgan fingerprint density at radius 3 is 2.61 bits per heavy atom. The number of ether oxygens (including phenoxy) is 1. The predicted molar refractivity (Wildman–Crippen MR) is 69.0 cm³/mol. The average molecular weight is 244 g/mol. The second-order valence-electron chi connectivity index (χ2n) is 3.86. The lowest BCUT2D eigenvalue weighted by Crippen LogP contribution is -2.20. The van der Waals surface area contributed by atoms with E-state index in [1.54, 1.807) is 6.20 Å². The molecule has 0 aliphatic heterocycles. The number of aromatic nitrogens is 1. The van der Waals surface area contributed by atoms with Crippen LogP contribution in [0.15, 0.2) is 48.7 Å². The van der Waals surface area contributed by atoms with Gasteiger partial charge in [0.1, 0.15) is 5.75 Å². The van der Waals surface area contributed by atoms with Gasteiger partial charge in [0.2, 0.25) is 0 Å². The first-order chi connectivity index (χ1) is 8.85. The Bertz CT molecular complexity index is 488. The molecule has 3 N–H and O–H groups in total. The van der Waals surface area contributed by atoms with E-state index in [-0.39, 0.29) is 12.7 Å². The van der Waals surface area contributed by atoms with Gasteiger partial charge in [-0.15, -0.1) is 0 Å². The van der Waals surface area contributed by atoms with Crippen LogP contribution in [0.2, 0.25) is 0 Å². The number of aliphatic hydroxyl groups excluding tert-OH is 1. The van der Waals surface area contributed by atoms with Crippen molar-refractivity contribution in [2.24, 2.45) is 5.73 Å². The molecule has 1 atom stereocenters. The van der Waals surface area contributed by atoms with Gasteiger partial charge in [0, 0.05) is 18.3 Å². The summed E-state index contributed by atoms with van der Waals surface area (Å²) in [4.78, 5) is 4.23. The highest BCUT2D eigenvalue weighted by Gasteiger charge is 2.14. The van der Waals surface area contributed by atoms with E-state index in [9.17, 15) is 5.11 Å². The molecule has 0 spiro atoms. The fourth-order valence-corrected chi connectivity index (χ4v) is 1.70. The smallest absolute Gasteiger partial charge is 0.153 e. The minimum absolute atomic E-state index is 0.0598. The molecule has 1 aromatic heterocycles. The Morgan fingerprint density at radius 1 is 1.17 bits per heavy atom. The fraction of sp³-hybridized carbons (Fsp3) is 0.214. The zero-order valence-corrected chi connectivity index (χ0v) is 9.99. The van der Waals surface area contributed by atoms with Crippen molar-refractivity contribution >= 4 is 0 Å². The van der Waals surface area contributed by atoms with Crippen LogP contribution in [0.1, 0.15) is 17.4 Å². The van der Waals surface area contributed by atoms with Crippen LogP contribution in [-0.4, -0.2) is 16.6 Å². The van der Waals surface area contributed by atoms with E-state index in [1.165, 1.54) is 0 Å². The van der Waals surface area contributed by atoms with Crippen molar-refractivity contribution in [3.05, 3.63) is 59.9 Å². The maximum atomic E-state index is 9.25. The van der Waals surface area contributed by atoms with Crippen molar-refractivity contribution in [2.75, 3.05) is 6.54 Å². The molecule has 1 unspecified atom stereocenters. The molecule has 0 fully saturated rings. The van der Waals surface area contributed by atoms with Crippen LogP contribution in [0.4, 0.5) is 0 Å². The quantitative estimate of drug-likeness (QED) is 0.839. The van der Waals surface area contributed by atoms with Gasteiger partial charge in [-0.1, -0.05) is 24.3 Å². The van der Waals surface area contributed by atoms with E-state index >= 15 is 0 Å². The summed E-state index contributed by atoms with van der Waals surface area (Å²) in [6, 6.07) is 13.0. The van der Waals surface area contributed by atoms with E-state index in [2.05, 4.69) is 4.98 Å². The molecule has 0 aliphatic carbocycles. The van der Waals surface area contributed by atoms with Gasteiger partial charge in [0.15, 0.2) is 6.10 Å². The summed E-state index contributed by atoms with van der Waals surface area (Å²) in [5, 5.41) is 9.25. The highest BCUT2D eigenvalue weighted by atomic mass is 16.5. The molecule has 4 nitrogen and oxygen atoms in total. The Kier molecular flexibility index (Phi) is 4.28. The van der Waals surface area contributed by atoms with Crippen LogP contribution in [0.5, 0.6) is 5.75 Å². The maximum absolute atomic E-state index is 9.25. The van der Waals surface area contributed by atoms with Gasteiger partial charge in [-0.25, -0.2) is 0 Å². The number of rotatable bonds is 5. The van der Waals surface area contributed by atoms with Gasteiger partial charge >= 0.3 is 0 Å². The first-order valence-electron chi connectivity index (χ1n) is 5.81. The van der Waals surface area contributed by atoms with Crippen LogP contribution in [0, 0.1) is 0 Å². The van der Waals surface area contributed by atoms with E-state index in [0.717, 1.165) is 11.3 Å². The van der Waals surface area contributed by atoms with E-state index in [4.69, 9.17) is 10.5 Å². The van der Waals surface area contributed by atoms with Gasteiger partial charge in [-0.05, 0) is 18.2 Å². The second-order valence-corrected chi connectivity index (χ2v) is 3.86. The molecule has 0 aliphatic rings. The van der Waals surface area contributed by atoms with Crippen LogP contribution >= 0.6 is 0 Å². The number of hydrogen-bond donors (Lipinski definition) is 2. The fourth-order valence-electron chi connectivity index (χ4n) is 1.70. The van der Waals surface area contributed by atoms with Crippen LogP contribution in [0.25, 0.3) is 0 Å². The van der Waals surface area contributed by atoms with Crippen molar-refractivity contribution < 1.29 is 9.84 Å². The molecular formula is C14H16N2O2. The lowest BCUT2D eigenvalue weighted by atomic mass is 10.2. The molecule has 1 aromatic carbocycles. The maximum Gasteiger partial charge on any atom is 0.153 e. The zero-order valence-electron chi connectivity index (χ0n) is 9.99. The summed E-state index contributed by atoms with van der Waals surface area (Å²) in [5.41, 5.74) is 7.24. The third kappa shape index (κ3) is 2.85. The van der Waals surface area contributed by atoms with Crippen molar-refractivity contribution in [2.45, 2.75) is 12.7 Å². The summed E-state index contributed by atoms with van der Waals surface area (Å²) in [7, 11) is 0. The van der Waals surface area contributed by atoms with E-state index < -0.39 is 0 Å². The van der Waals surface area contributed by atoms with Crippen molar-refractivity contribution in [1.82, 2.24) is 4.98 Å². The lowest BCUT2D eigenvalue weighted by molar-refractivity contribution is 0.199. The third-order valence-corrected chi connectivity index (χ3v) is 2.64. The van der Waals surface area contributed by atoms with Crippen LogP contribution < -0.4 is 10.5 Å². The molecule has 0 saturated carbocycles. The molecule has 1 heterocycles. The number of nitrogens with two attached hydrogens (primary N) is 1. The predicted octanol–water partition coefficient (Wildman–Crippen LogP) is 1.65. The standard InChI is InChI=1S/C14H16N2O2/c15-9-14(12-6-3-4-8-16-12)18-13-7-2-1-5-11(13)10-17/h1-8,14,17H,9-10,15H2. The van der Waals surface area contributed by atoms with E-state index in [1.807, 2.05) is 42.5 Å².